The Kier molecular flexibility index (Phi) is 6.45. The van der Waals surface area contributed by atoms with Crippen LogP contribution in [0, 0.1) is 5.41 Å². The first-order chi connectivity index (χ1) is 13.0. The summed E-state index contributed by atoms with van der Waals surface area (Å²) in [6.07, 6.45) is 0.702. The standard InChI is InChI=1S/C22H24BrNO3/c1-2-27-21(26)22(14-18-10-6-7-11-19(18)23)16-24(13-12-20(22)25)15-17-8-4-3-5-9-17/h3-11H,2,12-16H2,1H3. The summed E-state index contributed by atoms with van der Waals surface area (Å²) in [4.78, 5) is 28.1. The van der Waals surface area contributed by atoms with E-state index in [0.29, 0.717) is 32.5 Å². The van der Waals surface area contributed by atoms with E-state index >= 15 is 0 Å². The monoisotopic (exact) mass is 429 g/mol. The van der Waals surface area contributed by atoms with Crippen LogP contribution in [0.2, 0.25) is 0 Å². The molecule has 2 aromatic carbocycles. The van der Waals surface area contributed by atoms with Crippen LogP contribution in [0.1, 0.15) is 24.5 Å². The molecule has 1 aliphatic rings. The first-order valence-corrected chi connectivity index (χ1v) is 10.0. The predicted octanol–water partition coefficient (Wildman–Crippen LogP) is 4.02. The van der Waals surface area contributed by atoms with Gasteiger partial charge >= 0.3 is 5.97 Å². The van der Waals surface area contributed by atoms with Gasteiger partial charge in [-0.2, -0.15) is 0 Å². The van der Waals surface area contributed by atoms with E-state index in [1.165, 1.54) is 5.56 Å². The molecule has 1 heterocycles. The van der Waals surface area contributed by atoms with Crippen LogP contribution in [0.15, 0.2) is 59.1 Å². The first kappa shape index (κ1) is 19.8. The molecule has 2 aromatic rings. The summed E-state index contributed by atoms with van der Waals surface area (Å²) in [7, 11) is 0. The van der Waals surface area contributed by atoms with E-state index in [0.717, 1.165) is 10.0 Å². The zero-order chi connectivity index (χ0) is 19.3. The second kappa shape index (κ2) is 8.81. The number of esters is 1. The van der Waals surface area contributed by atoms with E-state index < -0.39 is 11.4 Å². The molecule has 27 heavy (non-hydrogen) atoms. The van der Waals surface area contributed by atoms with Crippen molar-refractivity contribution in [2.75, 3.05) is 19.7 Å². The van der Waals surface area contributed by atoms with Gasteiger partial charge in [0.05, 0.1) is 6.61 Å². The van der Waals surface area contributed by atoms with Gasteiger partial charge in [0.1, 0.15) is 5.41 Å². The summed E-state index contributed by atoms with van der Waals surface area (Å²) < 4.78 is 6.27. The third-order valence-electron chi connectivity index (χ3n) is 5.05. The quantitative estimate of drug-likeness (QED) is 0.513. The molecule has 4 nitrogen and oxygen atoms in total. The SMILES string of the molecule is CCOC(=O)C1(Cc2ccccc2Br)CN(Cc2ccccc2)CCC1=O. The second-order valence-electron chi connectivity index (χ2n) is 6.94. The number of halogens is 1. The van der Waals surface area contributed by atoms with Crippen molar-refractivity contribution in [1.29, 1.82) is 0 Å². The third-order valence-corrected chi connectivity index (χ3v) is 5.82. The van der Waals surface area contributed by atoms with E-state index in [1.54, 1.807) is 6.92 Å². The summed E-state index contributed by atoms with van der Waals surface area (Å²) in [6.45, 7) is 3.79. The van der Waals surface area contributed by atoms with Crippen molar-refractivity contribution in [2.24, 2.45) is 5.41 Å². The Bertz CT molecular complexity index is 808. The Hall–Kier alpha value is -1.98. The van der Waals surface area contributed by atoms with Crippen molar-refractivity contribution < 1.29 is 14.3 Å². The first-order valence-electron chi connectivity index (χ1n) is 9.25. The maximum absolute atomic E-state index is 13.0. The summed E-state index contributed by atoms with van der Waals surface area (Å²) in [5.41, 5.74) is 0.957. The largest absolute Gasteiger partial charge is 0.465 e. The number of ketones is 1. The van der Waals surface area contributed by atoms with Crippen molar-refractivity contribution in [3.8, 4) is 0 Å². The molecule has 0 N–H and O–H groups in total. The van der Waals surface area contributed by atoms with Gasteiger partial charge in [-0.25, -0.2) is 0 Å². The molecule has 142 valence electrons. The molecular weight excluding hydrogens is 406 g/mol. The maximum Gasteiger partial charge on any atom is 0.321 e. The van der Waals surface area contributed by atoms with Gasteiger partial charge in [0.25, 0.3) is 0 Å². The van der Waals surface area contributed by atoms with Crippen molar-refractivity contribution in [3.63, 3.8) is 0 Å². The normalized spacial score (nSPS) is 20.4. The second-order valence-corrected chi connectivity index (χ2v) is 7.79. The maximum atomic E-state index is 13.0. The molecule has 1 unspecified atom stereocenters. The van der Waals surface area contributed by atoms with Crippen molar-refractivity contribution in [3.05, 3.63) is 70.2 Å². The minimum atomic E-state index is -1.16. The lowest BCUT2D eigenvalue weighted by Crippen LogP contribution is -2.55. The molecule has 1 fully saturated rings. The Balaban J connectivity index is 1.90. The molecule has 0 bridgehead atoms. The summed E-state index contributed by atoms with van der Waals surface area (Å²) >= 11 is 3.55. The molecule has 0 radical (unpaired) electrons. The van der Waals surface area contributed by atoms with Gasteiger partial charge in [-0.05, 0) is 30.5 Å². The molecule has 0 saturated carbocycles. The number of likely N-dealkylation sites (tertiary alicyclic amines) is 1. The fraction of sp³-hybridized carbons (Fsp3) is 0.364. The molecular formula is C22H24BrNO3. The Labute approximate surface area is 168 Å². The lowest BCUT2D eigenvalue weighted by Gasteiger charge is -2.40. The zero-order valence-electron chi connectivity index (χ0n) is 15.5. The molecule has 1 saturated heterocycles. The van der Waals surface area contributed by atoms with Gasteiger partial charge in [-0.1, -0.05) is 64.5 Å². The van der Waals surface area contributed by atoms with Gasteiger partial charge in [0.15, 0.2) is 5.78 Å². The van der Waals surface area contributed by atoms with E-state index in [4.69, 9.17) is 4.74 Å². The summed E-state index contributed by atoms with van der Waals surface area (Å²) in [5, 5.41) is 0. The Morgan fingerprint density at radius 3 is 2.56 bits per heavy atom. The number of carbonyl (C=O) groups excluding carboxylic acids is 2. The van der Waals surface area contributed by atoms with Gasteiger partial charge in [0.2, 0.25) is 0 Å². The molecule has 0 spiro atoms. The number of hydrogen-bond donors (Lipinski definition) is 0. The fourth-order valence-corrected chi connectivity index (χ4v) is 4.09. The number of ether oxygens (including phenoxy) is 1. The number of Topliss-reactive ketones (excluding diaryl/α,β-unsaturated/α-hetero) is 1. The van der Waals surface area contributed by atoms with Crippen LogP contribution in [0.3, 0.4) is 0 Å². The Morgan fingerprint density at radius 1 is 1.15 bits per heavy atom. The lowest BCUT2D eigenvalue weighted by atomic mass is 9.74. The molecule has 0 aromatic heterocycles. The highest BCUT2D eigenvalue weighted by Crippen LogP contribution is 2.35. The van der Waals surface area contributed by atoms with E-state index in [9.17, 15) is 9.59 Å². The molecule has 0 amide bonds. The van der Waals surface area contributed by atoms with Crippen LogP contribution >= 0.6 is 15.9 Å². The molecule has 0 aliphatic carbocycles. The molecule has 1 atom stereocenters. The highest BCUT2D eigenvalue weighted by atomic mass is 79.9. The van der Waals surface area contributed by atoms with Crippen LogP contribution < -0.4 is 0 Å². The van der Waals surface area contributed by atoms with Gasteiger partial charge in [0, 0.05) is 30.5 Å². The fourth-order valence-electron chi connectivity index (χ4n) is 3.67. The molecule has 5 heteroatoms. The summed E-state index contributed by atoms with van der Waals surface area (Å²) in [5.74, 6) is -0.440. The Morgan fingerprint density at radius 2 is 1.85 bits per heavy atom. The topological polar surface area (TPSA) is 46.6 Å². The number of hydrogen-bond acceptors (Lipinski definition) is 4. The van der Waals surface area contributed by atoms with E-state index in [1.807, 2.05) is 42.5 Å². The van der Waals surface area contributed by atoms with Crippen molar-refractivity contribution in [2.45, 2.75) is 26.3 Å². The third kappa shape index (κ3) is 4.47. The lowest BCUT2D eigenvalue weighted by molar-refractivity contribution is -0.164. The smallest absolute Gasteiger partial charge is 0.321 e. The number of piperidine rings is 1. The van der Waals surface area contributed by atoms with Crippen molar-refractivity contribution >= 4 is 27.7 Å². The average Bonchev–Trinajstić information content (AvgIpc) is 2.67. The van der Waals surface area contributed by atoms with Crippen molar-refractivity contribution in [1.82, 2.24) is 4.90 Å². The van der Waals surface area contributed by atoms with Gasteiger partial charge in [-0.15, -0.1) is 0 Å². The molecule has 3 rings (SSSR count). The number of carbonyl (C=O) groups is 2. The van der Waals surface area contributed by atoms with E-state index in [2.05, 4.69) is 33.0 Å². The zero-order valence-corrected chi connectivity index (χ0v) is 17.1. The van der Waals surface area contributed by atoms with Crippen LogP contribution in [0.5, 0.6) is 0 Å². The van der Waals surface area contributed by atoms with Gasteiger partial charge in [-0.3, -0.25) is 14.5 Å². The summed E-state index contributed by atoms with van der Waals surface area (Å²) in [6, 6.07) is 17.9. The predicted molar refractivity (Wildman–Crippen MR) is 108 cm³/mol. The van der Waals surface area contributed by atoms with E-state index in [-0.39, 0.29) is 12.4 Å². The number of benzene rings is 2. The van der Waals surface area contributed by atoms with Crippen LogP contribution in [-0.4, -0.2) is 36.3 Å². The van der Waals surface area contributed by atoms with Crippen LogP contribution in [0.25, 0.3) is 0 Å². The average molecular weight is 430 g/mol. The number of nitrogens with zero attached hydrogens (tertiary/aromatic N) is 1. The van der Waals surface area contributed by atoms with Gasteiger partial charge < -0.3 is 4.74 Å². The highest BCUT2D eigenvalue weighted by Gasteiger charge is 2.50. The van der Waals surface area contributed by atoms with Crippen LogP contribution in [0.4, 0.5) is 0 Å². The minimum absolute atomic E-state index is 0.0268. The van der Waals surface area contributed by atoms with Crippen LogP contribution in [-0.2, 0) is 27.3 Å². The minimum Gasteiger partial charge on any atom is -0.465 e. The molecule has 1 aliphatic heterocycles. The highest BCUT2D eigenvalue weighted by molar-refractivity contribution is 9.10. The number of rotatable bonds is 6.